The molecule has 0 radical (unpaired) electrons. The maximum Gasteiger partial charge on any atom is 0.164 e. The van der Waals surface area contributed by atoms with Crippen molar-refractivity contribution in [3.05, 3.63) is 176 Å². The molecule has 0 saturated heterocycles. The van der Waals surface area contributed by atoms with E-state index in [0.29, 0.717) is 17.5 Å². The number of hydrogen-bond acceptors (Lipinski definition) is 5. The summed E-state index contributed by atoms with van der Waals surface area (Å²) in [5.74, 6) is 1.89. The highest BCUT2D eigenvalue weighted by molar-refractivity contribution is 5.82. The topological polar surface area (TPSA) is 64.5 Å². The average Bonchev–Trinajstić information content (AvgIpc) is 3.19. The molecule has 0 aliphatic carbocycles. The standard InChI is InChI=1S/C43H29N5/c1-3-7-36(8-4-1)41-46-42(37-9-5-2-6-10-37)48-43(47-41)40-28-38(32-15-11-30(12-16-32)34-19-23-44-24-20-34)27-39(29-40)33-17-13-31(14-18-33)35-21-25-45-26-22-35/h1-29H. The first-order chi connectivity index (χ1) is 23.8. The Bertz CT molecular complexity index is 2130. The molecule has 8 rings (SSSR count). The maximum atomic E-state index is 5.04. The first kappa shape index (κ1) is 28.9. The Balaban J connectivity index is 1.28. The smallest absolute Gasteiger partial charge is 0.164 e. The van der Waals surface area contributed by atoms with Crippen LogP contribution >= 0.6 is 0 Å². The molecule has 0 bridgehead atoms. The van der Waals surface area contributed by atoms with Crippen molar-refractivity contribution in [2.75, 3.05) is 0 Å². The lowest BCUT2D eigenvalue weighted by Gasteiger charge is -2.13. The minimum Gasteiger partial charge on any atom is -0.265 e. The van der Waals surface area contributed by atoms with Crippen LogP contribution in [0.15, 0.2) is 176 Å². The quantitative estimate of drug-likeness (QED) is 0.178. The van der Waals surface area contributed by atoms with Crippen LogP contribution in [0.5, 0.6) is 0 Å². The summed E-state index contributed by atoms with van der Waals surface area (Å²) < 4.78 is 0. The number of pyridine rings is 2. The summed E-state index contributed by atoms with van der Waals surface area (Å²) in [6.07, 6.45) is 7.28. The third-order valence-electron chi connectivity index (χ3n) is 8.35. The zero-order valence-electron chi connectivity index (χ0n) is 26.0. The Kier molecular flexibility index (Phi) is 7.83. The summed E-state index contributed by atoms with van der Waals surface area (Å²) in [5, 5.41) is 0. The van der Waals surface area contributed by atoms with Gasteiger partial charge in [0.05, 0.1) is 0 Å². The number of nitrogens with zero attached hydrogens (tertiary/aromatic N) is 5. The summed E-state index contributed by atoms with van der Waals surface area (Å²) >= 11 is 0. The normalized spacial score (nSPS) is 10.9. The van der Waals surface area contributed by atoms with Crippen molar-refractivity contribution in [2.24, 2.45) is 0 Å². The van der Waals surface area contributed by atoms with Crippen molar-refractivity contribution in [3.8, 4) is 78.7 Å². The molecule has 0 fully saturated rings. The lowest BCUT2D eigenvalue weighted by atomic mass is 9.94. The second kappa shape index (κ2) is 13.0. The zero-order valence-corrected chi connectivity index (χ0v) is 26.0. The summed E-state index contributed by atoms with van der Waals surface area (Å²) in [4.78, 5) is 23.3. The summed E-state index contributed by atoms with van der Waals surface area (Å²) in [7, 11) is 0. The van der Waals surface area contributed by atoms with Gasteiger partial charge in [-0.1, -0.05) is 109 Å². The van der Waals surface area contributed by atoms with Crippen LogP contribution in [0, 0.1) is 0 Å². The molecule has 226 valence electrons. The molecule has 0 unspecified atom stereocenters. The van der Waals surface area contributed by atoms with Crippen LogP contribution in [0.1, 0.15) is 0 Å². The second-order valence-corrected chi connectivity index (χ2v) is 11.5. The number of rotatable bonds is 7. The highest BCUT2D eigenvalue weighted by atomic mass is 15.0. The Morgan fingerprint density at radius 2 is 0.521 bits per heavy atom. The molecule has 0 amide bonds. The number of benzene rings is 5. The minimum atomic E-state index is 0.618. The highest BCUT2D eigenvalue weighted by Gasteiger charge is 2.15. The molecular formula is C43H29N5. The van der Waals surface area contributed by atoms with Crippen molar-refractivity contribution in [1.29, 1.82) is 0 Å². The van der Waals surface area contributed by atoms with E-state index in [1.165, 1.54) is 0 Å². The molecule has 0 spiro atoms. The first-order valence-electron chi connectivity index (χ1n) is 15.8. The lowest BCUT2D eigenvalue weighted by molar-refractivity contribution is 1.07. The van der Waals surface area contributed by atoms with Gasteiger partial charge in [0.25, 0.3) is 0 Å². The molecule has 5 aromatic carbocycles. The Morgan fingerprint density at radius 3 is 0.896 bits per heavy atom. The van der Waals surface area contributed by atoms with Crippen LogP contribution in [0.4, 0.5) is 0 Å². The van der Waals surface area contributed by atoms with Gasteiger partial charge in [-0.15, -0.1) is 0 Å². The second-order valence-electron chi connectivity index (χ2n) is 11.5. The first-order valence-corrected chi connectivity index (χ1v) is 15.8. The fourth-order valence-corrected chi connectivity index (χ4v) is 5.83. The summed E-state index contributed by atoms with van der Waals surface area (Å²) in [5.41, 5.74) is 11.7. The van der Waals surface area contributed by atoms with E-state index in [9.17, 15) is 0 Å². The third-order valence-corrected chi connectivity index (χ3v) is 8.35. The monoisotopic (exact) mass is 615 g/mol. The third kappa shape index (κ3) is 6.13. The molecular weight excluding hydrogens is 587 g/mol. The van der Waals surface area contributed by atoms with Crippen molar-refractivity contribution < 1.29 is 0 Å². The van der Waals surface area contributed by atoms with Gasteiger partial charge in [0, 0.05) is 41.5 Å². The molecule has 8 aromatic rings. The molecule has 5 heteroatoms. The SMILES string of the molecule is c1ccc(-c2nc(-c3ccccc3)nc(-c3cc(-c4ccc(-c5ccncc5)cc4)cc(-c4ccc(-c5ccncc5)cc4)c3)n2)cc1. The fraction of sp³-hybridized carbons (Fsp3) is 0. The van der Waals surface area contributed by atoms with Gasteiger partial charge in [0.1, 0.15) is 0 Å². The van der Waals surface area contributed by atoms with E-state index < -0.39 is 0 Å². The Hall–Kier alpha value is -6.59. The largest absolute Gasteiger partial charge is 0.265 e. The van der Waals surface area contributed by atoms with Gasteiger partial charge in [0.15, 0.2) is 17.5 Å². The van der Waals surface area contributed by atoms with Gasteiger partial charge in [-0.2, -0.15) is 0 Å². The minimum absolute atomic E-state index is 0.618. The van der Waals surface area contributed by atoms with Crippen LogP contribution in [0.25, 0.3) is 78.7 Å². The van der Waals surface area contributed by atoms with Crippen LogP contribution < -0.4 is 0 Å². The lowest BCUT2D eigenvalue weighted by Crippen LogP contribution is -2.00. The van der Waals surface area contributed by atoms with E-state index in [4.69, 9.17) is 15.0 Å². The molecule has 0 aliphatic heterocycles. The van der Waals surface area contributed by atoms with Gasteiger partial charge in [-0.3, -0.25) is 9.97 Å². The Labute approximate surface area is 279 Å². The Morgan fingerprint density at radius 1 is 0.229 bits per heavy atom. The predicted octanol–water partition coefficient (Wildman–Crippen LogP) is 10.3. The van der Waals surface area contributed by atoms with Crippen LogP contribution in [0.3, 0.4) is 0 Å². The molecule has 3 aromatic heterocycles. The van der Waals surface area contributed by atoms with Gasteiger partial charge < -0.3 is 0 Å². The van der Waals surface area contributed by atoms with Crippen molar-refractivity contribution >= 4 is 0 Å². The number of hydrogen-bond donors (Lipinski definition) is 0. The van der Waals surface area contributed by atoms with E-state index in [0.717, 1.165) is 61.2 Å². The van der Waals surface area contributed by atoms with Gasteiger partial charge in [-0.05, 0) is 87.0 Å². The molecule has 0 N–H and O–H groups in total. The maximum absolute atomic E-state index is 5.04. The highest BCUT2D eigenvalue weighted by Crippen LogP contribution is 2.35. The molecule has 0 atom stereocenters. The molecule has 5 nitrogen and oxygen atoms in total. The zero-order chi connectivity index (χ0) is 32.1. The van der Waals surface area contributed by atoms with E-state index in [-0.39, 0.29) is 0 Å². The van der Waals surface area contributed by atoms with Crippen LogP contribution in [0.2, 0.25) is 0 Å². The van der Waals surface area contributed by atoms with Crippen LogP contribution in [-0.2, 0) is 0 Å². The van der Waals surface area contributed by atoms with Crippen molar-refractivity contribution in [3.63, 3.8) is 0 Å². The van der Waals surface area contributed by atoms with Crippen LogP contribution in [-0.4, -0.2) is 24.9 Å². The summed E-state index contributed by atoms with van der Waals surface area (Å²) in [6, 6.07) is 52.2. The van der Waals surface area contributed by atoms with Crippen molar-refractivity contribution in [2.45, 2.75) is 0 Å². The van der Waals surface area contributed by atoms with E-state index >= 15 is 0 Å². The van der Waals surface area contributed by atoms with Gasteiger partial charge in [-0.25, -0.2) is 15.0 Å². The van der Waals surface area contributed by atoms with E-state index in [1.54, 1.807) is 0 Å². The average molecular weight is 616 g/mol. The number of aromatic nitrogens is 5. The van der Waals surface area contributed by atoms with Gasteiger partial charge >= 0.3 is 0 Å². The molecule has 48 heavy (non-hydrogen) atoms. The molecule has 0 saturated carbocycles. The fourth-order valence-electron chi connectivity index (χ4n) is 5.83. The van der Waals surface area contributed by atoms with E-state index in [1.807, 2.05) is 110 Å². The predicted molar refractivity (Wildman–Crippen MR) is 193 cm³/mol. The van der Waals surface area contributed by atoms with Crippen molar-refractivity contribution in [1.82, 2.24) is 24.9 Å². The molecule has 3 heterocycles. The summed E-state index contributed by atoms with van der Waals surface area (Å²) in [6.45, 7) is 0. The van der Waals surface area contributed by atoms with E-state index in [2.05, 4.69) is 76.7 Å². The van der Waals surface area contributed by atoms with Gasteiger partial charge in [0.2, 0.25) is 0 Å². The molecule has 0 aliphatic rings.